The van der Waals surface area contributed by atoms with Gasteiger partial charge in [-0.05, 0) is 44.9 Å². The van der Waals surface area contributed by atoms with Crippen molar-refractivity contribution in [1.82, 2.24) is 20.5 Å². The Kier molecular flexibility index (Phi) is 6.02. The van der Waals surface area contributed by atoms with Crippen molar-refractivity contribution in [1.29, 1.82) is 0 Å². The number of carbonyl (C=O) groups is 1. The molecule has 1 aliphatic rings. The smallest absolute Gasteiger partial charge is 0.407 e. The summed E-state index contributed by atoms with van der Waals surface area (Å²) in [6, 6.07) is 10.2. The van der Waals surface area contributed by atoms with E-state index in [1.807, 2.05) is 51.2 Å². The van der Waals surface area contributed by atoms with Crippen LogP contribution >= 0.6 is 0 Å². The lowest BCUT2D eigenvalue weighted by atomic mass is 10.1. The van der Waals surface area contributed by atoms with Crippen molar-refractivity contribution < 1.29 is 9.53 Å². The van der Waals surface area contributed by atoms with E-state index in [-0.39, 0.29) is 12.1 Å². The first-order valence-corrected chi connectivity index (χ1v) is 9.63. The largest absolute Gasteiger partial charge is 0.444 e. The Bertz CT molecular complexity index is 854. The summed E-state index contributed by atoms with van der Waals surface area (Å²) in [4.78, 5) is 23.0. The molecule has 3 rings (SSSR count). The summed E-state index contributed by atoms with van der Waals surface area (Å²) in [6.45, 7) is 7.79. The van der Waals surface area contributed by atoms with Crippen LogP contribution in [0.3, 0.4) is 0 Å². The van der Waals surface area contributed by atoms with Gasteiger partial charge in [-0.15, -0.1) is 0 Å². The molecule has 2 N–H and O–H groups in total. The highest BCUT2D eigenvalue weighted by molar-refractivity contribution is 5.84. The molecule has 0 saturated carbocycles. The lowest BCUT2D eigenvalue weighted by molar-refractivity contribution is 0.0507. The van der Waals surface area contributed by atoms with Gasteiger partial charge in [0.25, 0.3) is 0 Å². The zero-order valence-corrected chi connectivity index (χ0v) is 17.0. The van der Waals surface area contributed by atoms with Crippen molar-refractivity contribution in [2.24, 2.45) is 4.99 Å². The van der Waals surface area contributed by atoms with Crippen LogP contribution in [0.1, 0.15) is 32.8 Å². The molecule has 2 aromatic rings. The van der Waals surface area contributed by atoms with Gasteiger partial charge in [0.15, 0.2) is 5.96 Å². The van der Waals surface area contributed by atoms with Gasteiger partial charge in [0.05, 0.1) is 11.6 Å². The molecule has 0 aliphatic carbocycles. The number of nitrogens with one attached hydrogen (secondary N) is 2. The van der Waals surface area contributed by atoms with Gasteiger partial charge in [-0.3, -0.25) is 9.98 Å². The number of amides is 1. The number of aromatic nitrogens is 1. The number of likely N-dealkylation sites (tertiary alicyclic amines) is 1. The van der Waals surface area contributed by atoms with E-state index in [0.29, 0.717) is 13.1 Å². The molecule has 7 nitrogen and oxygen atoms in total. The van der Waals surface area contributed by atoms with E-state index in [1.54, 1.807) is 7.05 Å². The Labute approximate surface area is 166 Å². The average molecular weight is 383 g/mol. The van der Waals surface area contributed by atoms with E-state index >= 15 is 0 Å². The Balaban J connectivity index is 1.57. The molecule has 1 aliphatic heterocycles. The van der Waals surface area contributed by atoms with Gasteiger partial charge < -0.3 is 20.3 Å². The van der Waals surface area contributed by atoms with Crippen LogP contribution in [-0.4, -0.2) is 53.7 Å². The Morgan fingerprint density at radius 3 is 2.86 bits per heavy atom. The van der Waals surface area contributed by atoms with Gasteiger partial charge in [-0.1, -0.05) is 18.2 Å². The Hall–Kier alpha value is -2.83. The summed E-state index contributed by atoms with van der Waals surface area (Å²) in [5.41, 5.74) is 1.67. The maximum absolute atomic E-state index is 12.0. The number of rotatable bonds is 3. The fourth-order valence-electron chi connectivity index (χ4n) is 3.36. The molecule has 150 valence electrons. The van der Waals surface area contributed by atoms with Crippen LogP contribution in [0, 0.1) is 0 Å². The standard InChI is InChI=1S/C21H29N5O2/c1-21(2,3)28-20(27)25-16-10-12-26(14-16)19(22-4)24-13-15-9-11-23-18-8-6-5-7-17(15)18/h5-9,11,16H,10,12-14H2,1-4H3,(H,22,24)(H,25,27)/t16-/m1/s1. The lowest BCUT2D eigenvalue weighted by Gasteiger charge is -2.23. The average Bonchev–Trinajstić information content (AvgIpc) is 3.09. The van der Waals surface area contributed by atoms with E-state index in [9.17, 15) is 4.79 Å². The number of para-hydroxylation sites is 1. The van der Waals surface area contributed by atoms with Gasteiger partial charge in [0, 0.05) is 38.3 Å². The first-order valence-electron chi connectivity index (χ1n) is 9.63. The first-order chi connectivity index (χ1) is 13.4. The highest BCUT2D eigenvalue weighted by Gasteiger charge is 2.27. The van der Waals surface area contributed by atoms with Crippen LogP contribution in [0.2, 0.25) is 0 Å². The topological polar surface area (TPSA) is 78.9 Å². The van der Waals surface area contributed by atoms with Crippen molar-refractivity contribution in [3.05, 3.63) is 42.1 Å². The van der Waals surface area contributed by atoms with Crippen LogP contribution in [0.25, 0.3) is 10.9 Å². The maximum Gasteiger partial charge on any atom is 0.407 e. The van der Waals surface area contributed by atoms with E-state index < -0.39 is 5.60 Å². The fraction of sp³-hybridized carbons (Fsp3) is 0.476. The monoisotopic (exact) mass is 383 g/mol. The number of ether oxygens (including phenoxy) is 1. The van der Waals surface area contributed by atoms with E-state index in [2.05, 4.69) is 31.6 Å². The van der Waals surface area contributed by atoms with E-state index in [4.69, 9.17) is 4.74 Å². The normalized spacial score (nSPS) is 17.6. The number of nitrogens with zero attached hydrogens (tertiary/aromatic N) is 3. The van der Waals surface area contributed by atoms with Gasteiger partial charge >= 0.3 is 6.09 Å². The number of guanidine groups is 1. The first kappa shape index (κ1) is 19.9. The molecular formula is C21H29N5O2. The maximum atomic E-state index is 12.0. The van der Waals surface area contributed by atoms with Crippen LogP contribution in [0.5, 0.6) is 0 Å². The van der Waals surface area contributed by atoms with Gasteiger partial charge in [0.1, 0.15) is 5.60 Å². The van der Waals surface area contributed by atoms with Crippen molar-refractivity contribution >= 4 is 23.0 Å². The van der Waals surface area contributed by atoms with E-state index in [1.165, 1.54) is 5.56 Å². The van der Waals surface area contributed by atoms with Crippen molar-refractivity contribution in [3.63, 3.8) is 0 Å². The SMILES string of the molecule is CN=C(NCc1ccnc2ccccc12)N1CC[C@@H](NC(=O)OC(C)(C)C)C1. The Morgan fingerprint density at radius 1 is 1.32 bits per heavy atom. The second-order valence-electron chi connectivity index (χ2n) is 7.97. The van der Waals surface area contributed by atoms with Gasteiger partial charge in [-0.2, -0.15) is 0 Å². The molecule has 7 heteroatoms. The number of aliphatic imine (C=N–C) groups is 1. The highest BCUT2D eigenvalue weighted by atomic mass is 16.6. The molecule has 0 spiro atoms. The van der Waals surface area contributed by atoms with Gasteiger partial charge in [0.2, 0.25) is 0 Å². The van der Waals surface area contributed by atoms with Crippen molar-refractivity contribution in [3.8, 4) is 0 Å². The summed E-state index contributed by atoms with van der Waals surface area (Å²) in [5.74, 6) is 0.828. The molecule has 1 aromatic heterocycles. The zero-order chi connectivity index (χ0) is 20.1. The van der Waals surface area contributed by atoms with Crippen molar-refractivity contribution in [2.75, 3.05) is 20.1 Å². The molecule has 0 radical (unpaired) electrons. The minimum Gasteiger partial charge on any atom is -0.444 e. The minimum absolute atomic E-state index is 0.0511. The molecular weight excluding hydrogens is 354 g/mol. The number of pyridine rings is 1. The third-order valence-electron chi connectivity index (χ3n) is 4.60. The van der Waals surface area contributed by atoms with Crippen molar-refractivity contribution in [2.45, 2.75) is 45.4 Å². The molecule has 0 unspecified atom stereocenters. The van der Waals surface area contributed by atoms with Crippen LogP contribution in [-0.2, 0) is 11.3 Å². The van der Waals surface area contributed by atoms with Crippen LogP contribution in [0.4, 0.5) is 4.79 Å². The number of fused-ring (bicyclic) bond motifs is 1. The summed E-state index contributed by atoms with van der Waals surface area (Å²) >= 11 is 0. The third-order valence-corrected chi connectivity index (χ3v) is 4.60. The second-order valence-corrected chi connectivity index (χ2v) is 7.97. The zero-order valence-electron chi connectivity index (χ0n) is 17.0. The van der Waals surface area contributed by atoms with Crippen LogP contribution < -0.4 is 10.6 Å². The summed E-state index contributed by atoms with van der Waals surface area (Å²) in [6.07, 6.45) is 2.32. The van der Waals surface area contributed by atoms with Crippen LogP contribution in [0.15, 0.2) is 41.5 Å². The minimum atomic E-state index is -0.493. The van der Waals surface area contributed by atoms with Gasteiger partial charge in [-0.25, -0.2) is 4.79 Å². The van der Waals surface area contributed by atoms with E-state index in [0.717, 1.165) is 29.8 Å². The summed E-state index contributed by atoms with van der Waals surface area (Å²) in [5, 5.41) is 7.52. The number of hydrogen-bond donors (Lipinski definition) is 2. The molecule has 1 saturated heterocycles. The molecule has 2 heterocycles. The number of alkyl carbamates (subject to hydrolysis) is 1. The molecule has 1 amide bonds. The number of benzene rings is 1. The Morgan fingerprint density at radius 2 is 2.11 bits per heavy atom. The second kappa shape index (κ2) is 8.46. The quantitative estimate of drug-likeness (QED) is 0.629. The lowest BCUT2D eigenvalue weighted by Crippen LogP contribution is -2.44. The molecule has 1 atom stereocenters. The summed E-state index contributed by atoms with van der Waals surface area (Å²) in [7, 11) is 1.78. The number of carbonyl (C=O) groups excluding carboxylic acids is 1. The highest BCUT2D eigenvalue weighted by Crippen LogP contribution is 2.16. The predicted molar refractivity (Wildman–Crippen MR) is 111 cm³/mol. The third kappa shape index (κ3) is 5.12. The fourth-order valence-corrected chi connectivity index (χ4v) is 3.36. The molecule has 1 fully saturated rings. The number of hydrogen-bond acceptors (Lipinski definition) is 4. The summed E-state index contributed by atoms with van der Waals surface area (Å²) < 4.78 is 5.35. The predicted octanol–water partition coefficient (Wildman–Crippen LogP) is 2.91. The molecule has 1 aromatic carbocycles. The molecule has 28 heavy (non-hydrogen) atoms. The molecule has 0 bridgehead atoms.